The number of nitrogens with zero attached hydrogens (tertiary/aromatic N) is 2. The lowest BCUT2D eigenvalue weighted by atomic mass is 10.2. The minimum Gasteiger partial charge on any atom is -0.304 e. The Morgan fingerprint density at radius 1 is 1.39 bits per heavy atom. The third-order valence-electron chi connectivity index (χ3n) is 2.98. The molecule has 0 spiro atoms. The molecule has 98 valence electrons. The Morgan fingerprint density at radius 2 is 2.17 bits per heavy atom. The van der Waals surface area contributed by atoms with E-state index in [-0.39, 0.29) is 0 Å². The zero-order chi connectivity index (χ0) is 13.1. The highest BCUT2D eigenvalue weighted by Gasteiger charge is 2.08. The second kappa shape index (κ2) is 5.65. The minimum atomic E-state index is -0.801. The van der Waals surface area contributed by atoms with Gasteiger partial charge in [0.05, 0.1) is 11.4 Å². The Bertz CT molecular complexity index is 560. The average molecular weight is 264 g/mol. The lowest BCUT2D eigenvalue weighted by Gasteiger charge is -2.03. The van der Waals surface area contributed by atoms with Gasteiger partial charge in [0.15, 0.2) is 0 Å². The van der Waals surface area contributed by atoms with Crippen LogP contribution >= 0.6 is 0 Å². The lowest BCUT2D eigenvalue weighted by molar-refractivity contribution is 0.619. The summed E-state index contributed by atoms with van der Waals surface area (Å²) in [5.41, 5.74) is 3.01. The topological polar surface area (TPSA) is 34.4 Å². The summed E-state index contributed by atoms with van der Waals surface area (Å²) in [6.07, 6.45) is 3.01. The molecular weight excluding hydrogens is 244 g/mol. The van der Waals surface area contributed by atoms with Crippen molar-refractivity contribution in [2.24, 2.45) is 5.92 Å². The van der Waals surface area contributed by atoms with E-state index in [1.807, 2.05) is 31.3 Å². The Hall–Kier alpha value is -1.16. The molecule has 0 N–H and O–H groups in total. The van der Waals surface area contributed by atoms with E-state index in [9.17, 15) is 4.21 Å². The number of aryl methyl sites for hydroxylation is 1. The Morgan fingerprint density at radius 3 is 2.83 bits per heavy atom. The molecule has 0 amide bonds. The Kier molecular flexibility index (Phi) is 4.17. The molecule has 2 rings (SSSR count). The highest BCUT2D eigenvalue weighted by molar-refractivity contribution is 7.84. The zero-order valence-electron chi connectivity index (χ0n) is 11.2. The van der Waals surface area contributed by atoms with Crippen molar-refractivity contribution in [1.29, 1.82) is 0 Å². The molecule has 4 heteroatoms. The van der Waals surface area contributed by atoms with Crippen molar-refractivity contribution < 1.29 is 4.21 Å². The number of hydrogen-bond acceptors (Lipinski definition) is 2. The van der Waals surface area contributed by atoms with Crippen molar-refractivity contribution in [3.05, 3.63) is 35.8 Å². The maximum atomic E-state index is 11.9. The molecule has 0 radical (unpaired) electrons. The van der Waals surface area contributed by atoms with Crippen LogP contribution in [0.25, 0.3) is 5.65 Å². The fourth-order valence-corrected chi connectivity index (χ4v) is 3.22. The highest BCUT2D eigenvalue weighted by atomic mass is 32.2. The van der Waals surface area contributed by atoms with Gasteiger partial charge in [-0.1, -0.05) is 19.9 Å². The summed E-state index contributed by atoms with van der Waals surface area (Å²) in [7, 11) is -0.801. The molecule has 0 bridgehead atoms. The predicted molar refractivity (Wildman–Crippen MR) is 76.1 cm³/mol. The van der Waals surface area contributed by atoms with Gasteiger partial charge in [0, 0.05) is 28.4 Å². The molecule has 0 unspecified atom stereocenters. The number of aromatic nitrogens is 2. The van der Waals surface area contributed by atoms with Crippen LogP contribution in [0.1, 0.15) is 31.7 Å². The smallest absolute Gasteiger partial charge is 0.137 e. The molecular formula is C14H20N2OS. The standard InChI is InChI=1S/C14H20N2OS/c1-11(2)7-8-18(17)10-13-9-16-12(3)5-4-6-14(16)15-13/h4-6,9,11H,7-8,10H2,1-3H3/t18-/m1/s1. The molecule has 0 fully saturated rings. The second-order valence-electron chi connectivity index (χ2n) is 5.10. The van der Waals surface area contributed by atoms with Crippen molar-refractivity contribution in [3.63, 3.8) is 0 Å². The van der Waals surface area contributed by atoms with Gasteiger partial charge in [0.25, 0.3) is 0 Å². The van der Waals surface area contributed by atoms with E-state index < -0.39 is 10.8 Å². The first-order valence-electron chi connectivity index (χ1n) is 6.35. The van der Waals surface area contributed by atoms with Gasteiger partial charge in [-0.15, -0.1) is 0 Å². The Balaban J connectivity index is 2.08. The largest absolute Gasteiger partial charge is 0.304 e. The molecule has 0 aromatic carbocycles. The van der Waals surface area contributed by atoms with Crippen LogP contribution < -0.4 is 0 Å². The summed E-state index contributed by atoms with van der Waals surface area (Å²) >= 11 is 0. The van der Waals surface area contributed by atoms with Crippen molar-refractivity contribution in [2.45, 2.75) is 32.9 Å². The molecule has 1 atom stereocenters. The maximum Gasteiger partial charge on any atom is 0.137 e. The monoisotopic (exact) mass is 264 g/mol. The normalized spacial score (nSPS) is 13.3. The number of rotatable bonds is 5. The van der Waals surface area contributed by atoms with Crippen LogP contribution in [0.2, 0.25) is 0 Å². The minimum absolute atomic E-state index is 0.563. The van der Waals surface area contributed by atoms with E-state index in [1.54, 1.807) is 0 Å². The van der Waals surface area contributed by atoms with Gasteiger partial charge in [-0.05, 0) is 31.4 Å². The molecule has 2 aromatic heterocycles. The maximum absolute atomic E-state index is 11.9. The molecule has 0 saturated carbocycles. The average Bonchev–Trinajstić information content (AvgIpc) is 2.70. The van der Waals surface area contributed by atoms with Gasteiger partial charge in [-0.3, -0.25) is 4.21 Å². The predicted octanol–water partition coefficient (Wildman–Crippen LogP) is 2.94. The van der Waals surface area contributed by atoms with Crippen LogP contribution in [-0.4, -0.2) is 19.3 Å². The van der Waals surface area contributed by atoms with E-state index >= 15 is 0 Å². The van der Waals surface area contributed by atoms with Gasteiger partial charge in [-0.2, -0.15) is 0 Å². The quantitative estimate of drug-likeness (QED) is 0.832. The molecule has 0 aliphatic heterocycles. The van der Waals surface area contributed by atoms with Gasteiger partial charge in [0.2, 0.25) is 0 Å². The summed E-state index contributed by atoms with van der Waals surface area (Å²) in [6, 6.07) is 6.03. The van der Waals surface area contributed by atoms with Crippen LogP contribution in [0.5, 0.6) is 0 Å². The molecule has 18 heavy (non-hydrogen) atoms. The highest BCUT2D eigenvalue weighted by Crippen LogP contribution is 2.11. The van der Waals surface area contributed by atoms with Gasteiger partial charge in [0.1, 0.15) is 5.65 Å². The summed E-state index contributed by atoms with van der Waals surface area (Å²) in [6.45, 7) is 6.37. The Labute approximate surface area is 111 Å². The zero-order valence-corrected chi connectivity index (χ0v) is 12.0. The van der Waals surface area contributed by atoms with E-state index in [1.165, 1.54) is 0 Å². The molecule has 2 heterocycles. The van der Waals surface area contributed by atoms with E-state index in [0.29, 0.717) is 11.7 Å². The van der Waals surface area contributed by atoms with Gasteiger partial charge in [-0.25, -0.2) is 4.98 Å². The molecule has 2 aromatic rings. The van der Waals surface area contributed by atoms with Crippen LogP contribution in [0.4, 0.5) is 0 Å². The first-order valence-corrected chi connectivity index (χ1v) is 7.83. The third-order valence-corrected chi connectivity index (χ3v) is 4.29. The molecule has 3 nitrogen and oxygen atoms in total. The van der Waals surface area contributed by atoms with E-state index in [2.05, 4.69) is 23.2 Å². The number of pyridine rings is 1. The van der Waals surface area contributed by atoms with Crippen molar-refractivity contribution in [3.8, 4) is 0 Å². The van der Waals surface area contributed by atoms with Gasteiger partial charge < -0.3 is 4.40 Å². The van der Waals surface area contributed by atoms with Crippen molar-refractivity contribution >= 4 is 16.4 Å². The number of imidazole rings is 1. The lowest BCUT2D eigenvalue weighted by Crippen LogP contribution is -2.04. The fourth-order valence-electron chi connectivity index (χ4n) is 1.87. The third kappa shape index (κ3) is 3.19. The molecule has 0 aliphatic rings. The van der Waals surface area contributed by atoms with E-state index in [4.69, 9.17) is 0 Å². The van der Waals surface area contributed by atoms with Crippen LogP contribution in [0.3, 0.4) is 0 Å². The van der Waals surface area contributed by atoms with E-state index in [0.717, 1.165) is 29.2 Å². The van der Waals surface area contributed by atoms with Crippen LogP contribution in [-0.2, 0) is 16.6 Å². The fraction of sp³-hybridized carbons (Fsp3) is 0.500. The van der Waals surface area contributed by atoms with Crippen molar-refractivity contribution in [1.82, 2.24) is 9.38 Å². The summed E-state index contributed by atoms with van der Waals surface area (Å²) in [4.78, 5) is 4.51. The first-order chi connectivity index (χ1) is 8.56. The SMILES string of the molecule is Cc1cccc2nc(C[S@](=O)CCC(C)C)cn12. The summed E-state index contributed by atoms with van der Waals surface area (Å²) in [5.74, 6) is 1.94. The first kappa shape index (κ1) is 13.3. The molecule has 0 saturated heterocycles. The summed E-state index contributed by atoms with van der Waals surface area (Å²) < 4.78 is 14.0. The van der Waals surface area contributed by atoms with Crippen molar-refractivity contribution in [2.75, 3.05) is 5.75 Å². The van der Waals surface area contributed by atoms with Crippen LogP contribution in [0, 0.1) is 12.8 Å². The summed E-state index contributed by atoms with van der Waals surface area (Å²) in [5, 5.41) is 0. The molecule has 0 aliphatic carbocycles. The number of fused-ring (bicyclic) bond motifs is 1. The van der Waals surface area contributed by atoms with Gasteiger partial charge >= 0.3 is 0 Å². The number of hydrogen-bond donors (Lipinski definition) is 0. The second-order valence-corrected chi connectivity index (χ2v) is 6.67. The van der Waals surface area contributed by atoms with Crippen LogP contribution in [0.15, 0.2) is 24.4 Å².